The first-order valence-corrected chi connectivity index (χ1v) is 10.1. The molecule has 0 saturated carbocycles. The first kappa shape index (κ1) is 20.0. The van der Waals surface area contributed by atoms with Crippen molar-refractivity contribution < 1.29 is 9.32 Å². The third-order valence-corrected chi connectivity index (χ3v) is 5.20. The summed E-state index contributed by atoms with van der Waals surface area (Å²) in [7, 11) is 0. The van der Waals surface area contributed by atoms with Gasteiger partial charge in [0.05, 0.1) is 0 Å². The van der Waals surface area contributed by atoms with Gasteiger partial charge in [-0.1, -0.05) is 35.0 Å². The van der Waals surface area contributed by atoms with Crippen molar-refractivity contribution in [3.63, 3.8) is 0 Å². The van der Waals surface area contributed by atoms with Crippen molar-refractivity contribution in [3.8, 4) is 11.4 Å². The molecule has 0 aliphatic carbocycles. The van der Waals surface area contributed by atoms with Gasteiger partial charge in [-0.2, -0.15) is 10.1 Å². The van der Waals surface area contributed by atoms with E-state index in [4.69, 9.17) is 4.52 Å². The molecule has 1 saturated heterocycles. The van der Waals surface area contributed by atoms with Gasteiger partial charge in [0.1, 0.15) is 5.69 Å². The summed E-state index contributed by atoms with van der Waals surface area (Å²) in [6.45, 7) is 5.82. The Bertz CT molecular complexity index is 1030. The molecule has 0 atom stereocenters. The predicted octanol–water partition coefficient (Wildman–Crippen LogP) is 1.52. The number of H-pyrrole nitrogens is 1. The van der Waals surface area contributed by atoms with Gasteiger partial charge >= 0.3 is 0 Å². The largest absolute Gasteiger partial charge is 0.339 e. The fourth-order valence-corrected chi connectivity index (χ4v) is 3.43. The van der Waals surface area contributed by atoms with Gasteiger partial charge in [-0.05, 0) is 26.0 Å². The highest BCUT2D eigenvalue weighted by Gasteiger charge is 2.23. The highest BCUT2D eigenvalue weighted by molar-refractivity contribution is 5.92. The van der Waals surface area contributed by atoms with Crippen LogP contribution in [-0.2, 0) is 6.42 Å². The number of nitrogens with one attached hydrogen (secondary N) is 1. The monoisotopic (exact) mass is 408 g/mol. The summed E-state index contributed by atoms with van der Waals surface area (Å²) in [5.74, 6) is 1.11. The number of amides is 1. The molecule has 9 heteroatoms. The second-order valence-corrected chi connectivity index (χ2v) is 7.42. The van der Waals surface area contributed by atoms with E-state index in [-0.39, 0.29) is 17.2 Å². The fourth-order valence-electron chi connectivity index (χ4n) is 3.43. The van der Waals surface area contributed by atoms with E-state index in [1.165, 1.54) is 17.7 Å². The number of piperazine rings is 1. The molecule has 1 fully saturated rings. The standard InChI is InChI=1S/C21H24N6O3/c1-15-4-6-16(7-5-15)20-22-19(30-25-20)3-2-10-26-11-13-27(14-12-26)21(29)17-8-9-18(28)24-23-17/h4-9H,2-3,10-14H2,1H3,(H,24,28). The van der Waals surface area contributed by atoms with Crippen LogP contribution in [0.3, 0.4) is 0 Å². The number of carbonyl (C=O) groups is 1. The minimum absolute atomic E-state index is 0.152. The first-order valence-electron chi connectivity index (χ1n) is 10.1. The number of benzene rings is 1. The highest BCUT2D eigenvalue weighted by atomic mass is 16.5. The van der Waals surface area contributed by atoms with E-state index >= 15 is 0 Å². The van der Waals surface area contributed by atoms with Gasteiger partial charge in [-0.3, -0.25) is 14.5 Å². The molecule has 9 nitrogen and oxygen atoms in total. The van der Waals surface area contributed by atoms with Crippen molar-refractivity contribution in [2.24, 2.45) is 0 Å². The van der Waals surface area contributed by atoms with Crippen molar-refractivity contribution >= 4 is 5.91 Å². The van der Waals surface area contributed by atoms with E-state index in [2.05, 4.69) is 25.2 Å². The van der Waals surface area contributed by atoms with Crippen LogP contribution in [0.2, 0.25) is 0 Å². The Morgan fingerprint density at radius 3 is 2.57 bits per heavy atom. The van der Waals surface area contributed by atoms with E-state index in [9.17, 15) is 9.59 Å². The van der Waals surface area contributed by atoms with Crippen LogP contribution in [0.25, 0.3) is 11.4 Å². The Morgan fingerprint density at radius 2 is 1.87 bits per heavy atom. The molecule has 156 valence electrons. The lowest BCUT2D eigenvalue weighted by molar-refractivity contribution is 0.0628. The lowest BCUT2D eigenvalue weighted by Crippen LogP contribution is -2.49. The second-order valence-electron chi connectivity index (χ2n) is 7.42. The Balaban J connectivity index is 1.22. The topological polar surface area (TPSA) is 108 Å². The molecule has 3 aromatic rings. The van der Waals surface area contributed by atoms with Crippen LogP contribution in [0.4, 0.5) is 0 Å². The lowest BCUT2D eigenvalue weighted by Gasteiger charge is -2.34. The van der Waals surface area contributed by atoms with E-state index in [1.54, 1.807) is 4.90 Å². The molecule has 1 aliphatic heterocycles. The molecule has 1 aromatic carbocycles. The number of rotatable bonds is 6. The molecule has 0 bridgehead atoms. The maximum absolute atomic E-state index is 12.4. The van der Waals surface area contributed by atoms with Crippen molar-refractivity contribution in [3.05, 3.63) is 63.9 Å². The van der Waals surface area contributed by atoms with Crippen molar-refractivity contribution in [1.82, 2.24) is 30.1 Å². The third kappa shape index (κ3) is 4.80. The number of hydrogen-bond donors (Lipinski definition) is 1. The summed E-state index contributed by atoms with van der Waals surface area (Å²) >= 11 is 0. The van der Waals surface area contributed by atoms with Crippen molar-refractivity contribution in [2.45, 2.75) is 19.8 Å². The van der Waals surface area contributed by atoms with Crippen LogP contribution in [0.1, 0.15) is 28.4 Å². The molecule has 0 spiro atoms. The van der Waals surface area contributed by atoms with Crippen LogP contribution in [-0.4, -0.2) is 68.8 Å². The maximum atomic E-state index is 12.4. The van der Waals surface area contributed by atoms with E-state index in [1.807, 2.05) is 31.2 Å². The molecule has 0 unspecified atom stereocenters. The second kappa shape index (κ2) is 9.00. The summed E-state index contributed by atoms with van der Waals surface area (Å²) in [5, 5.41) is 10.2. The van der Waals surface area contributed by atoms with E-state index in [0.717, 1.165) is 38.0 Å². The molecule has 1 N–H and O–H groups in total. The summed E-state index contributed by atoms with van der Waals surface area (Å²) in [5.41, 5.74) is 2.10. The Labute approximate surface area is 173 Å². The lowest BCUT2D eigenvalue weighted by atomic mass is 10.1. The summed E-state index contributed by atoms with van der Waals surface area (Å²) in [6, 6.07) is 10.8. The van der Waals surface area contributed by atoms with E-state index in [0.29, 0.717) is 24.8 Å². The van der Waals surface area contributed by atoms with Crippen LogP contribution < -0.4 is 5.56 Å². The molecule has 0 radical (unpaired) electrons. The normalized spacial score (nSPS) is 14.8. The molecular formula is C21H24N6O3. The van der Waals surface area contributed by atoms with Gasteiger partial charge in [0.15, 0.2) is 0 Å². The summed E-state index contributed by atoms with van der Waals surface area (Å²) in [6.07, 6.45) is 1.63. The smallest absolute Gasteiger partial charge is 0.274 e. The van der Waals surface area contributed by atoms with Crippen molar-refractivity contribution in [2.75, 3.05) is 32.7 Å². The summed E-state index contributed by atoms with van der Waals surface area (Å²) in [4.78, 5) is 32.1. The molecule has 1 aliphatic rings. The predicted molar refractivity (Wildman–Crippen MR) is 110 cm³/mol. The molecule has 30 heavy (non-hydrogen) atoms. The minimum atomic E-state index is -0.316. The van der Waals surface area contributed by atoms with Gasteiger partial charge in [-0.15, -0.1) is 0 Å². The van der Waals surface area contributed by atoms with Gasteiger partial charge in [-0.25, -0.2) is 5.10 Å². The number of hydrogen-bond acceptors (Lipinski definition) is 7. The van der Waals surface area contributed by atoms with Crippen LogP contribution in [0.15, 0.2) is 45.7 Å². The molecule has 4 rings (SSSR count). The van der Waals surface area contributed by atoms with Crippen LogP contribution in [0.5, 0.6) is 0 Å². The minimum Gasteiger partial charge on any atom is -0.339 e. The quantitative estimate of drug-likeness (QED) is 0.659. The maximum Gasteiger partial charge on any atom is 0.274 e. The highest BCUT2D eigenvalue weighted by Crippen LogP contribution is 2.17. The Morgan fingerprint density at radius 1 is 1.10 bits per heavy atom. The van der Waals surface area contributed by atoms with Crippen molar-refractivity contribution in [1.29, 1.82) is 0 Å². The molecule has 1 amide bonds. The average Bonchev–Trinajstić information content (AvgIpc) is 3.24. The SMILES string of the molecule is Cc1ccc(-c2noc(CCCN3CCN(C(=O)c4ccc(=O)[nH]n4)CC3)n2)cc1. The first-order chi connectivity index (χ1) is 14.6. The van der Waals surface area contributed by atoms with Crippen LogP contribution >= 0.6 is 0 Å². The molecule has 3 heterocycles. The average molecular weight is 408 g/mol. The van der Waals surface area contributed by atoms with Gasteiger partial charge in [0, 0.05) is 44.2 Å². The fraction of sp³-hybridized carbons (Fsp3) is 0.381. The Kier molecular flexibility index (Phi) is 5.99. The van der Waals surface area contributed by atoms with Gasteiger partial charge in [0.2, 0.25) is 11.7 Å². The third-order valence-electron chi connectivity index (χ3n) is 5.20. The number of aromatic amines is 1. The van der Waals surface area contributed by atoms with E-state index < -0.39 is 0 Å². The molecule has 2 aromatic heterocycles. The number of aryl methyl sites for hydroxylation is 2. The van der Waals surface area contributed by atoms with Gasteiger partial charge < -0.3 is 9.42 Å². The molecular weight excluding hydrogens is 384 g/mol. The zero-order chi connectivity index (χ0) is 20.9. The Hall–Kier alpha value is -3.33. The zero-order valence-corrected chi connectivity index (χ0v) is 16.9. The number of nitrogens with zero attached hydrogens (tertiary/aromatic N) is 5. The number of carbonyl (C=O) groups excluding carboxylic acids is 1. The number of aromatic nitrogens is 4. The summed E-state index contributed by atoms with van der Waals surface area (Å²) < 4.78 is 5.38. The van der Waals surface area contributed by atoms with Gasteiger partial charge in [0.25, 0.3) is 11.5 Å². The van der Waals surface area contributed by atoms with Crippen LogP contribution in [0, 0.1) is 6.92 Å². The zero-order valence-electron chi connectivity index (χ0n) is 16.9.